The second-order valence-electron chi connectivity index (χ2n) is 8.08. The van der Waals surface area contributed by atoms with Crippen LogP contribution in [0.15, 0.2) is 36.4 Å². The largest absolute Gasteiger partial charge is 0.435 e. The van der Waals surface area contributed by atoms with Gasteiger partial charge in [-0.25, -0.2) is 9.97 Å². The number of carbonyl (C=O) groups excluding carboxylic acids is 1. The van der Waals surface area contributed by atoms with Crippen molar-refractivity contribution in [3.63, 3.8) is 0 Å². The number of carbonyl (C=O) groups is 1. The number of rotatable bonds is 5. The van der Waals surface area contributed by atoms with Crippen molar-refractivity contribution in [2.75, 3.05) is 32.1 Å². The van der Waals surface area contributed by atoms with Crippen LogP contribution in [0.1, 0.15) is 13.3 Å². The normalized spacial score (nSPS) is 19.1. The predicted molar refractivity (Wildman–Crippen MR) is 114 cm³/mol. The van der Waals surface area contributed by atoms with Gasteiger partial charge in [-0.3, -0.25) is 4.79 Å². The Labute approximate surface area is 179 Å². The molecule has 1 N–H and O–H groups in total. The number of nitrogens with zero attached hydrogens (tertiary/aromatic N) is 4. The minimum absolute atomic E-state index is 0.0700. The summed E-state index contributed by atoms with van der Waals surface area (Å²) in [6, 6.07) is 10.2. The fourth-order valence-electron chi connectivity index (χ4n) is 3.95. The van der Waals surface area contributed by atoms with Crippen molar-refractivity contribution in [1.82, 2.24) is 19.9 Å². The molecule has 9 heteroatoms. The minimum atomic E-state index is -2.88. The summed E-state index contributed by atoms with van der Waals surface area (Å²) in [5.41, 5.74) is 1.90. The molecule has 0 spiro atoms. The first-order chi connectivity index (χ1) is 14.8. The Morgan fingerprint density at radius 3 is 2.81 bits per heavy atom. The Morgan fingerprint density at radius 2 is 2.06 bits per heavy atom. The molecule has 1 amide bonds. The molecule has 0 aliphatic carbocycles. The molecule has 2 atom stereocenters. The second kappa shape index (κ2) is 8.49. The van der Waals surface area contributed by atoms with Crippen LogP contribution in [-0.2, 0) is 4.79 Å². The standard InChI is InChI=1S/C22H25F2N5O2/c1-13-9-10-29(12-16(13)21(30)28(2)3)18-8-7-17-20(26-18)27-19(25-17)14-5-4-6-15(11-14)31-22(23)24/h4-8,11,13,16,22H,9-10,12H2,1-3H3,(H,25,26,27)/t13-,16+/m0/s1. The van der Waals surface area contributed by atoms with Crippen LogP contribution in [0.4, 0.5) is 14.6 Å². The summed E-state index contributed by atoms with van der Waals surface area (Å²) in [6.07, 6.45) is 0.909. The van der Waals surface area contributed by atoms with Gasteiger partial charge in [0.1, 0.15) is 17.4 Å². The number of ether oxygens (including phenoxy) is 1. The van der Waals surface area contributed by atoms with E-state index in [2.05, 4.69) is 31.5 Å². The van der Waals surface area contributed by atoms with Gasteiger partial charge in [-0.05, 0) is 36.6 Å². The summed E-state index contributed by atoms with van der Waals surface area (Å²) in [5.74, 6) is 1.73. The Balaban J connectivity index is 1.59. The molecule has 0 unspecified atom stereocenters. The van der Waals surface area contributed by atoms with Crippen LogP contribution in [0, 0.1) is 11.8 Å². The molecular formula is C22H25F2N5O2. The van der Waals surface area contributed by atoms with Gasteiger partial charge in [0, 0.05) is 32.7 Å². The van der Waals surface area contributed by atoms with Crippen molar-refractivity contribution in [3.05, 3.63) is 36.4 Å². The van der Waals surface area contributed by atoms with Crippen molar-refractivity contribution in [1.29, 1.82) is 0 Å². The number of aromatic nitrogens is 3. The molecule has 3 aromatic rings. The number of anilines is 1. The van der Waals surface area contributed by atoms with Crippen LogP contribution in [-0.4, -0.2) is 59.6 Å². The molecule has 1 aliphatic heterocycles. The van der Waals surface area contributed by atoms with Gasteiger partial charge in [-0.1, -0.05) is 19.1 Å². The van der Waals surface area contributed by atoms with Crippen molar-refractivity contribution in [2.45, 2.75) is 20.0 Å². The van der Waals surface area contributed by atoms with Crippen LogP contribution in [0.2, 0.25) is 0 Å². The Morgan fingerprint density at radius 1 is 1.26 bits per heavy atom. The highest BCUT2D eigenvalue weighted by atomic mass is 19.3. The van der Waals surface area contributed by atoms with E-state index in [0.717, 1.165) is 24.3 Å². The topological polar surface area (TPSA) is 74.4 Å². The van der Waals surface area contributed by atoms with Gasteiger partial charge in [0.05, 0.1) is 11.4 Å². The first-order valence-electron chi connectivity index (χ1n) is 10.2. The lowest BCUT2D eigenvalue weighted by atomic mass is 9.86. The van der Waals surface area contributed by atoms with E-state index < -0.39 is 6.61 Å². The number of hydrogen-bond acceptors (Lipinski definition) is 5. The number of alkyl halides is 2. The average Bonchev–Trinajstić information content (AvgIpc) is 3.17. The average molecular weight is 429 g/mol. The molecule has 0 saturated carbocycles. The molecule has 2 aromatic heterocycles. The molecule has 4 rings (SSSR count). The molecule has 3 heterocycles. The third-order valence-corrected chi connectivity index (χ3v) is 5.70. The van der Waals surface area contributed by atoms with E-state index in [9.17, 15) is 13.6 Å². The number of benzene rings is 1. The highest BCUT2D eigenvalue weighted by molar-refractivity contribution is 5.80. The first kappa shape index (κ1) is 21.0. The van der Waals surface area contributed by atoms with Gasteiger partial charge < -0.3 is 19.5 Å². The van der Waals surface area contributed by atoms with Crippen molar-refractivity contribution in [2.24, 2.45) is 11.8 Å². The number of hydrogen-bond donors (Lipinski definition) is 1. The van der Waals surface area contributed by atoms with Gasteiger partial charge in [0.2, 0.25) is 5.91 Å². The van der Waals surface area contributed by atoms with E-state index in [-0.39, 0.29) is 17.6 Å². The molecule has 1 aliphatic rings. The summed E-state index contributed by atoms with van der Waals surface area (Å²) in [4.78, 5) is 28.7. The van der Waals surface area contributed by atoms with Gasteiger partial charge in [0.15, 0.2) is 5.65 Å². The Bertz CT molecular complexity index is 1080. The quantitative estimate of drug-likeness (QED) is 0.668. The number of aromatic amines is 1. The second-order valence-corrected chi connectivity index (χ2v) is 8.08. The minimum Gasteiger partial charge on any atom is -0.435 e. The van der Waals surface area contributed by atoms with Crippen molar-refractivity contribution in [3.8, 4) is 17.1 Å². The highest BCUT2D eigenvalue weighted by Crippen LogP contribution is 2.29. The highest BCUT2D eigenvalue weighted by Gasteiger charge is 2.33. The molecular weight excluding hydrogens is 404 g/mol. The van der Waals surface area contributed by atoms with E-state index >= 15 is 0 Å². The molecule has 1 saturated heterocycles. The maximum Gasteiger partial charge on any atom is 0.387 e. The summed E-state index contributed by atoms with van der Waals surface area (Å²) >= 11 is 0. The maximum atomic E-state index is 12.6. The monoisotopic (exact) mass is 429 g/mol. The fraction of sp³-hybridized carbons (Fsp3) is 0.409. The molecule has 0 bridgehead atoms. The third kappa shape index (κ3) is 4.45. The summed E-state index contributed by atoms with van der Waals surface area (Å²) < 4.78 is 29.5. The molecule has 7 nitrogen and oxygen atoms in total. The zero-order valence-electron chi connectivity index (χ0n) is 17.7. The van der Waals surface area contributed by atoms with Crippen LogP contribution < -0.4 is 9.64 Å². The van der Waals surface area contributed by atoms with Gasteiger partial charge >= 0.3 is 6.61 Å². The summed E-state index contributed by atoms with van der Waals surface area (Å²) in [5, 5.41) is 0. The van der Waals surface area contributed by atoms with E-state index in [1.54, 1.807) is 31.1 Å². The van der Waals surface area contributed by atoms with E-state index in [1.165, 1.54) is 12.1 Å². The van der Waals surface area contributed by atoms with E-state index in [0.29, 0.717) is 29.5 Å². The predicted octanol–water partition coefficient (Wildman–Crippen LogP) is 3.78. The fourth-order valence-corrected chi connectivity index (χ4v) is 3.95. The van der Waals surface area contributed by atoms with Crippen LogP contribution >= 0.6 is 0 Å². The number of imidazole rings is 1. The maximum absolute atomic E-state index is 12.6. The molecule has 1 aromatic carbocycles. The summed E-state index contributed by atoms with van der Waals surface area (Å²) in [7, 11) is 3.57. The van der Waals surface area contributed by atoms with Crippen LogP contribution in [0.3, 0.4) is 0 Å². The van der Waals surface area contributed by atoms with E-state index in [1.807, 2.05) is 12.1 Å². The summed E-state index contributed by atoms with van der Waals surface area (Å²) in [6.45, 7) is 0.666. The Kier molecular flexibility index (Phi) is 5.75. The Hall–Kier alpha value is -3.23. The van der Waals surface area contributed by atoms with Crippen LogP contribution in [0.5, 0.6) is 5.75 Å². The number of pyridine rings is 1. The van der Waals surface area contributed by atoms with Crippen molar-refractivity contribution >= 4 is 22.9 Å². The smallest absolute Gasteiger partial charge is 0.387 e. The molecule has 1 fully saturated rings. The third-order valence-electron chi connectivity index (χ3n) is 5.70. The zero-order valence-corrected chi connectivity index (χ0v) is 17.7. The lowest BCUT2D eigenvalue weighted by Crippen LogP contribution is -2.46. The van der Waals surface area contributed by atoms with E-state index in [4.69, 9.17) is 0 Å². The number of amides is 1. The number of piperidine rings is 1. The number of nitrogens with one attached hydrogen (secondary N) is 1. The number of halogens is 2. The van der Waals surface area contributed by atoms with Gasteiger partial charge in [-0.15, -0.1) is 0 Å². The number of H-pyrrole nitrogens is 1. The van der Waals surface area contributed by atoms with Gasteiger partial charge in [0.25, 0.3) is 0 Å². The lowest BCUT2D eigenvalue weighted by molar-refractivity contribution is -0.134. The molecule has 31 heavy (non-hydrogen) atoms. The molecule has 164 valence electrons. The molecule has 0 radical (unpaired) electrons. The SMILES string of the molecule is C[C@H]1CCN(c2ccc3[nH]c(-c4cccc(OC(F)F)c4)nc3n2)C[C@H]1C(=O)N(C)C. The first-order valence-corrected chi connectivity index (χ1v) is 10.2. The lowest BCUT2D eigenvalue weighted by Gasteiger charge is -2.37. The zero-order chi connectivity index (χ0) is 22.1. The number of fused-ring (bicyclic) bond motifs is 1. The van der Waals surface area contributed by atoms with Gasteiger partial charge in [-0.2, -0.15) is 8.78 Å². The van der Waals surface area contributed by atoms with Crippen LogP contribution in [0.25, 0.3) is 22.6 Å². The van der Waals surface area contributed by atoms with Crippen molar-refractivity contribution < 1.29 is 18.3 Å².